The van der Waals surface area contributed by atoms with Gasteiger partial charge in [0.15, 0.2) is 0 Å². The highest BCUT2D eigenvalue weighted by atomic mass is 16.5. The Kier molecular flexibility index (Phi) is 10.5. The summed E-state index contributed by atoms with van der Waals surface area (Å²) in [4.78, 5) is 13.1. The molecule has 4 aromatic rings. The molecule has 3 nitrogen and oxygen atoms in total. The summed E-state index contributed by atoms with van der Waals surface area (Å²) in [7, 11) is 0. The summed E-state index contributed by atoms with van der Waals surface area (Å²) in [5.74, 6) is 1.82. The summed E-state index contributed by atoms with van der Waals surface area (Å²) >= 11 is 0. The molecule has 1 unspecified atom stereocenters. The van der Waals surface area contributed by atoms with Gasteiger partial charge in [0.05, 0.1) is 5.56 Å². The Morgan fingerprint density at radius 1 is 0.767 bits per heavy atom. The molecule has 0 radical (unpaired) electrons. The third-order valence-electron chi connectivity index (χ3n) is 8.24. The molecule has 1 atom stereocenters. The van der Waals surface area contributed by atoms with Gasteiger partial charge in [-0.1, -0.05) is 115 Å². The quantitative estimate of drug-likeness (QED) is 0.132. The van der Waals surface area contributed by atoms with Gasteiger partial charge >= 0.3 is 5.97 Å². The van der Waals surface area contributed by atoms with E-state index in [0.29, 0.717) is 23.8 Å². The SMILES string of the molecule is CCCCC(c1cc(C(C)C)c(OCc2ccccc2)cc1C)c1cc(C(C)(C)C)c(OC(=O)c2ccccc2)cc1C. The smallest absolute Gasteiger partial charge is 0.343 e. The molecule has 0 saturated carbocycles. The van der Waals surface area contributed by atoms with E-state index in [1.807, 2.05) is 24.3 Å². The van der Waals surface area contributed by atoms with Crippen molar-refractivity contribution >= 4 is 5.97 Å². The van der Waals surface area contributed by atoms with E-state index >= 15 is 0 Å². The van der Waals surface area contributed by atoms with E-state index in [4.69, 9.17) is 9.47 Å². The van der Waals surface area contributed by atoms with Gasteiger partial charge in [-0.15, -0.1) is 0 Å². The zero-order valence-electron chi connectivity index (χ0n) is 27.3. The van der Waals surface area contributed by atoms with E-state index in [0.717, 1.165) is 41.7 Å². The molecule has 0 fully saturated rings. The molecule has 226 valence electrons. The molecule has 0 aliphatic rings. The van der Waals surface area contributed by atoms with Gasteiger partial charge in [-0.25, -0.2) is 4.79 Å². The van der Waals surface area contributed by atoms with Crippen LogP contribution in [0.15, 0.2) is 84.9 Å². The van der Waals surface area contributed by atoms with E-state index in [1.165, 1.54) is 22.3 Å². The molecule has 0 N–H and O–H groups in total. The third kappa shape index (κ3) is 7.96. The van der Waals surface area contributed by atoms with Gasteiger partial charge < -0.3 is 9.47 Å². The first-order chi connectivity index (χ1) is 20.5. The second kappa shape index (κ2) is 14.1. The van der Waals surface area contributed by atoms with E-state index in [-0.39, 0.29) is 17.3 Å². The monoisotopic (exact) mass is 576 g/mol. The first-order valence-electron chi connectivity index (χ1n) is 15.7. The maximum absolute atomic E-state index is 13.1. The minimum atomic E-state index is -0.329. The van der Waals surface area contributed by atoms with Crippen molar-refractivity contribution in [1.82, 2.24) is 0 Å². The van der Waals surface area contributed by atoms with Crippen LogP contribution < -0.4 is 9.47 Å². The number of unbranched alkanes of at least 4 members (excludes halogenated alkanes) is 1. The number of hydrogen-bond donors (Lipinski definition) is 0. The van der Waals surface area contributed by atoms with Gasteiger partial charge in [0.25, 0.3) is 0 Å². The number of carbonyl (C=O) groups is 1. The zero-order chi connectivity index (χ0) is 31.1. The van der Waals surface area contributed by atoms with Crippen LogP contribution >= 0.6 is 0 Å². The lowest BCUT2D eigenvalue weighted by atomic mass is 9.77. The average molecular weight is 577 g/mol. The molecule has 0 aromatic heterocycles. The van der Waals surface area contributed by atoms with E-state index < -0.39 is 0 Å². The fraction of sp³-hybridized carbons (Fsp3) is 0.375. The molecule has 0 aliphatic heterocycles. The Hall–Kier alpha value is -3.85. The van der Waals surface area contributed by atoms with Crippen LogP contribution in [0.2, 0.25) is 0 Å². The summed E-state index contributed by atoms with van der Waals surface area (Å²) in [5, 5.41) is 0. The van der Waals surface area contributed by atoms with Crippen molar-refractivity contribution in [2.24, 2.45) is 0 Å². The van der Waals surface area contributed by atoms with E-state index in [2.05, 4.69) is 104 Å². The second-order valence-electron chi connectivity index (χ2n) is 13.1. The van der Waals surface area contributed by atoms with Gasteiger partial charge in [0.1, 0.15) is 18.1 Å². The number of rotatable bonds is 11. The molecule has 4 aromatic carbocycles. The largest absolute Gasteiger partial charge is 0.489 e. The first-order valence-corrected chi connectivity index (χ1v) is 15.7. The van der Waals surface area contributed by atoms with Crippen molar-refractivity contribution < 1.29 is 14.3 Å². The van der Waals surface area contributed by atoms with Crippen LogP contribution in [-0.4, -0.2) is 5.97 Å². The van der Waals surface area contributed by atoms with Crippen LogP contribution in [0.25, 0.3) is 0 Å². The number of benzene rings is 4. The third-order valence-corrected chi connectivity index (χ3v) is 8.24. The van der Waals surface area contributed by atoms with Crippen molar-refractivity contribution in [3.05, 3.63) is 129 Å². The van der Waals surface area contributed by atoms with Crippen LogP contribution in [0.1, 0.15) is 122 Å². The Labute approximate surface area is 259 Å². The van der Waals surface area contributed by atoms with Gasteiger partial charge in [-0.3, -0.25) is 0 Å². The predicted molar refractivity (Wildman–Crippen MR) is 179 cm³/mol. The number of hydrogen-bond acceptors (Lipinski definition) is 3. The van der Waals surface area contributed by atoms with Gasteiger partial charge in [-0.05, 0) is 89.2 Å². The lowest BCUT2D eigenvalue weighted by Crippen LogP contribution is -2.18. The summed E-state index contributed by atoms with van der Waals surface area (Å²) in [6.45, 7) is 18.2. The summed E-state index contributed by atoms with van der Waals surface area (Å²) < 4.78 is 12.5. The number of esters is 1. The molecule has 4 rings (SSSR count). The number of carbonyl (C=O) groups excluding carboxylic acids is 1. The van der Waals surface area contributed by atoms with Crippen LogP contribution in [-0.2, 0) is 12.0 Å². The normalized spacial score (nSPS) is 12.3. The zero-order valence-corrected chi connectivity index (χ0v) is 27.3. The summed E-state index contributed by atoms with van der Waals surface area (Å²) in [6.07, 6.45) is 3.30. The summed E-state index contributed by atoms with van der Waals surface area (Å²) in [6, 6.07) is 28.6. The molecule has 0 amide bonds. The summed E-state index contributed by atoms with van der Waals surface area (Å²) in [5.41, 5.74) is 8.81. The average Bonchev–Trinajstić information content (AvgIpc) is 2.97. The van der Waals surface area contributed by atoms with Gasteiger partial charge in [-0.2, -0.15) is 0 Å². The van der Waals surface area contributed by atoms with Crippen molar-refractivity contribution in [3.63, 3.8) is 0 Å². The second-order valence-corrected chi connectivity index (χ2v) is 13.1. The van der Waals surface area contributed by atoms with Crippen LogP contribution in [0.5, 0.6) is 11.5 Å². The minimum Gasteiger partial charge on any atom is -0.489 e. The minimum absolute atomic E-state index is 0.211. The first kappa shape index (κ1) is 32.1. The standard InChI is InChI=1S/C40H48O3/c1-9-10-21-32(34-24-33(27(2)3)37(22-28(34)4)42-26-30-17-13-11-14-18-30)35-25-36(40(6,7)8)38(23-29(35)5)43-39(41)31-19-15-12-16-20-31/h11-20,22-25,27,32H,9-10,21,26H2,1-8H3. The Morgan fingerprint density at radius 3 is 1.93 bits per heavy atom. The molecule has 0 bridgehead atoms. The lowest BCUT2D eigenvalue weighted by molar-refractivity contribution is 0.0731. The van der Waals surface area contributed by atoms with Crippen molar-refractivity contribution in [2.45, 2.75) is 98.5 Å². The maximum Gasteiger partial charge on any atom is 0.343 e. The molecular formula is C40H48O3. The molecular weight excluding hydrogens is 528 g/mol. The molecule has 0 spiro atoms. The molecule has 3 heteroatoms. The van der Waals surface area contributed by atoms with Crippen molar-refractivity contribution in [1.29, 1.82) is 0 Å². The van der Waals surface area contributed by atoms with Crippen LogP contribution in [0.4, 0.5) is 0 Å². The highest BCUT2D eigenvalue weighted by molar-refractivity contribution is 5.91. The van der Waals surface area contributed by atoms with Gasteiger partial charge in [0, 0.05) is 11.5 Å². The van der Waals surface area contributed by atoms with Crippen LogP contribution in [0, 0.1) is 13.8 Å². The number of aryl methyl sites for hydroxylation is 2. The van der Waals surface area contributed by atoms with E-state index in [9.17, 15) is 4.79 Å². The fourth-order valence-corrected chi connectivity index (χ4v) is 5.77. The van der Waals surface area contributed by atoms with Gasteiger partial charge in [0.2, 0.25) is 0 Å². The van der Waals surface area contributed by atoms with Crippen molar-refractivity contribution in [2.75, 3.05) is 0 Å². The fourth-order valence-electron chi connectivity index (χ4n) is 5.77. The Bertz CT molecular complexity index is 1510. The Morgan fingerprint density at radius 2 is 1.35 bits per heavy atom. The topological polar surface area (TPSA) is 35.5 Å². The highest BCUT2D eigenvalue weighted by Crippen LogP contribution is 2.42. The molecule has 0 aliphatic carbocycles. The maximum atomic E-state index is 13.1. The molecule has 43 heavy (non-hydrogen) atoms. The van der Waals surface area contributed by atoms with Crippen LogP contribution in [0.3, 0.4) is 0 Å². The predicted octanol–water partition coefficient (Wildman–Crippen LogP) is 10.8. The van der Waals surface area contributed by atoms with E-state index in [1.54, 1.807) is 12.1 Å². The lowest BCUT2D eigenvalue weighted by Gasteiger charge is -2.29. The molecule has 0 saturated heterocycles. The molecule has 0 heterocycles. The van der Waals surface area contributed by atoms with Crippen molar-refractivity contribution in [3.8, 4) is 11.5 Å². The highest BCUT2D eigenvalue weighted by Gasteiger charge is 2.27. The Balaban J connectivity index is 1.77. The number of ether oxygens (including phenoxy) is 2.